The van der Waals surface area contributed by atoms with Crippen molar-refractivity contribution >= 4 is 11.8 Å². The molecule has 4 aliphatic rings. The van der Waals surface area contributed by atoms with E-state index < -0.39 is 5.54 Å². The van der Waals surface area contributed by atoms with Crippen molar-refractivity contribution in [2.24, 2.45) is 5.92 Å². The number of piperidine rings is 1. The van der Waals surface area contributed by atoms with Crippen molar-refractivity contribution in [2.45, 2.75) is 75.0 Å². The minimum absolute atomic E-state index is 0.0830. The molecule has 0 radical (unpaired) electrons. The SMILES string of the molecule is O=C1COC[C@@]2(CCCN(C(=O)C3CC3)[C@H]2COC2CCC(c3ccccc3)CC2)N1. The Kier molecular flexibility index (Phi) is 6.02. The van der Waals surface area contributed by atoms with Gasteiger partial charge in [0.1, 0.15) is 6.61 Å². The minimum atomic E-state index is -0.515. The average Bonchev–Trinajstić information content (AvgIpc) is 3.64. The second-order valence-corrected chi connectivity index (χ2v) is 9.84. The summed E-state index contributed by atoms with van der Waals surface area (Å²) in [7, 11) is 0. The maximum Gasteiger partial charge on any atom is 0.246 e. The molecule has 168 valence electrons. The number of likely N-dealkylation sites (tertiary alicyclic amines) is 1. The van der Waals surface area contributed by atoms with Gasteiger partial charge < -0.3 is 19.7 Å². The van der Waals surface area contributed by atoms with E-state index >= 15 is 0 Å². The molecule has 31 heavy (non-hydrogen) atoms. The number of amides is 2. The molecule has 1 N–H and O–H groups in total. The van der Waals surface area contributed by atoms with Crippen LogP contribution in [0.15, 0.2) is 30.3 Å². The van der Waals surface area contributed by atoms with Crippen molar-refractivity contribution in [1.82, 2.24) is 10.2 Å². The van der Waals surface area contributed by atoms with Crippen molar-refractivity contribution in [3.05, 3.63) is 35.9 Å². The van der Waals surface area contributed by atoms with Crippen LogP contribution in [0.4, 0.5) is 0 Å². The lowest BCUT2D eigenvalue weighted by molar-refractivity contribution is -0.156. The van der Waals surface area contributed by atoms with E-state index in [4.69, 9.17) is 9.47 Å². The van der Waals surface area contributed by atoms with Gasteiger partial charge in [-0.05, 0) is 62.8 Å². The molecule has 1 spiro atoms. The van der Waals surface area contributed by atoms with Crippen molar-refractivity contribution < 1.29 is 19.1 Å². The first-order chi connectivity index (χ1) is 15.1. The van der Waals surface area contributed by atoms with Crippen LogP contribution in [0.25, 0.3) is 0 Å². The van der Waals surface area contributed by atoms with Gasteiger partial charge in [-0.2, -0.15) is 0 Å². The van der Waals surface area contributed by atoms with Crippen LogP contribution in [0.2, 0.25) is 0 Å². The first-order valence-corrected chi connectivity index (χ1v) is 12.0. The van der Waals surface area contributed by atoms with Gasteiger partial charge in [-0.25, -0.2) is 0 Å². The highest BCUT2D eigenvalue weighted by Crippen LogP contribution is 2.38. The van der Waals surface area contributed by atoms with Crippen molar-refractivity contribution in [3.63, 3.8) is 0 Å². The van der Waals surface area contributed by atoms with Crippen LogP contribution in [0.5, 0.6) is 0 Å². The van der Waals surface area contributed by atoms with Gasteiger partial charge in [0.15, 0.2) is 0 Å². The fourth-order valence-corrected chi connectivity index (χ4v) is 5.77. The second-order valence-electron chi connectivity index (χ2n) is 9.84. The number of hydrogen-bond acceptors (Lipinski definition) is 4. The van der Waals surface area contributed by atoms with E-state index in [1.165, 1.54) is 5.56 Å². The fraction of sp³-hybridized carbons (Fsp3) is 0.680. The van der Waals surface area contributed by atoms with Crippen molar-refractivity contribution in [1.29, 1.82) is 0 Å². The lowest BCUT2D eigenvalue weighted by Gasteiger charge is -2.51. The Labute approximate surface area is 184 Å². The summed E-state index contributed by atoms with van der Waals surface area (Å²) in [6.45, 7) is 1.79. The number of hydrogen-bond donors (Lipinski definition) is 1. The number of ether oxygens (including phenoxy) is 2. The molecular weight excluding hydrogens is 392 g/mol. The Balaban J connectivity index is 1.24. The van der Waals surface area contributed by atoms with Crippen molar-refractivity contribution in [3.8, 4) is 0 Å². The van der Waals surface area contributed by atoms with Crippen LogP contribution >= 0.6 is 0 Å². The van der Waals surface area contributed by atoms with Gasteiger partial charge in [0.2, 0.25) is 11.8 Å². The third-order valence-corrected chi connectivity index (χ3v) is 7.66. The number of nitrogens with zero attached hydrogens (tertiary/aromatic N) is 1. The predicted molar refractivity (Wildman–Crippen MR) is 117 cm³/mol. The molecule has 0 aromatic heterocycles. The summed E-state index contributed by atoms with van der Waals surface area (Å²) in [6.07, 6.45) is 8.27. The molecule has 1 aromatic carbocycles. The maximum absolute atomic E-state index is 13.0. The van der Waals surface area contributed by atoms with Crippen LogP contribution in [0.1, 0.15) is 62.8 Å². The smallest absolute Gasteiger partial charge is 0.246 e. The summed E-state index contributed by atoms with van der Waals surface area (Å²) < 4.78 is 12.1. The third kappa shape index (κ3) is 4.51. The Morgan fingerprint density at radius 3 is 2.61 bits per heavy atom. The van der Waals surface area contributed by atoms with Gasteiger partial charge in [0, 0.05) is 12.5 Å². The van der Waals surface area contributed by atoms with E-state index in [0.29, 0.717) is 19.1 Å². The van der Waals surface area contributed by atoms with Crippen LogP contribution in [-0.2, 0) is 19.1 Å². The summed E-state index contributed by atoms with van der Waals surface area (Å²) in [5, 5.41) is 3.20. The first kappa shape index (κ1) is 21.0. The lowest BCUT2D eigenvalue weighted by Crippen LogP contribution is -2.72. The van der Waals surface area contributed by atoms with Crippen LogP contribution in [-0.4, -0.2) is 60.8 Å². The first-order valence-electron chi connectivity index (χ1n) is 12.0. The number of rotatable bonds is 5. The predicted octanol–water partition coefficient (Wildman–Crippen LogP) is 3.02. The highest BCUT2D eigenvalue weighted by atomic mass is 16.5. The monoisotopic (exact) mass is 426 g/mol. The molecular formula is C25H34N2O4. The highest BCUT2D eigenvalue weighted by Gasteiger charge is 2.51. The van der Waals surface area contributed by atoms with E-state index in [-0.39, 0.29) is 36.5 Å². The van der Waals surface area contributed by atoms with Gasteiger partial charge in [-0.15, -0.1) is 0 Å². The standard InChI is InChI=1S/C25H34N2O4/c28-23-16-30-17-25(26-23)13-4-14-27(24(29)20-7-8-20)22(25)15-31-21-11-9-19(10-12-21)18-5-2-1-3-6-18/h1-3,5-6,19-22H,4,7-17H2,(H,26,28)/t19?,21?,22-,25+/m0/s1. The van der Waals surface area contributed by atoms with Crippen LogP contribution in [0.3, 0.4) is 0 Å². The van der Waals surface area contributed by atoms with Crippen LogP contribution < -0.4 is 5.32 Å². The zero-order valence-electron chi connectivity index (χ0n) is 18.3. The number of carbonyl (C=O) groups is 2. The van der Waals surface area contributed by atoms with Gasteiger partial charge in [0.05, 0.1) is 30.9 Å². The fourth-order valence-electron chi connectivity index (χ4n) is 5.77. The Morgan fingerprint density at radius 2 is 1.90 bits per heavy atom. The van der Waals surface area contributed by atoms with E-state index in [2.05, 4.69) is 35.6 Å². The summed E-state index contributed by atoms with van der Waals surface area (Å²) in [5.41, 5.74) is 0.912. The maximum atomic E-state index is 13.0. The molecule has 2 heterocycles. The lowest BCUT2D eigenvalue weighted by atomic mass is 9.80. The van der Waals surface area contributed by atoms with E-state index in [1.54, 1.807) is 0 Å². The Morgan fingerprint density at radius 1 is 1.13 bits per heavy atom. The van der Waals surface area contributed by atoms with Crippen LogP contribution in [0, 0.1) is 5.92 Å². The molecule has 2 saturated heterocycles. The number of benzene rings is 1. The van der Waals surface area contributed by atoms with E-state index in [1.807, 2.05) is 4.90 Å². The zero-order valence-corrected chi connectivity index (χ0v) is 18.3. The second kappa shape index (κ2) is 8.91. The van der Waals surface area contributed by atoms with E-state index in [9.17, 15) is 9.59 Å². The normalized spacial score (nSPS) is 33.9. The van der Waals surface area contributed by atoms with Crippen molar-refractivity contribution in [2.75, 3.05) is 26.4 Å². The Bertz CT molecular complexity index is 784. The molecule has 4 fully saturated rings. The molecule has 5 rings (SSSR count). The molecule has 2 atom stereocenters. The molecule has 0 bridgehead atoms. The summed E-state index contributed by atoms with van der Waals surface area (Å²) in [5.74, 6) is 0.931. The van der Waals surface area contributed by atoms with E-state index in [0.717, 1.165) is 57.9 Å². The number of carbonyl (C=O) groups excluding carboxylic acids is 2. The molecule has 2 amide bonds. The van der Waals surface area contributed by atoms with Gasteiger partial charge in [0.25, 0.3) is 0 Å². The highest BCUT2D eigenvalue weighted by molar-refractivity contribution is 5.82. The van der Waals surface area contributed by atoms with Gasteiger partial charge in [-0.1, -0.05) is 30.3 Å². The topological polar surface area (TPSA) is 67.9 Å². The molecule has 2 saturated carbocycles. The number of morpholine rings is 1. The zero-order chi connectivity index (χ0) is 21.3. The molecule has 1 aromatic rings. The summed E-state index contributed by atoms with van der Waals surface area (Å²) >= 11 is 0. The quantitative estimate of drug-likeness (QED) is 0.786. The largest absolute Gasteiger partial charge is 0.376 e. The van der Waals surface area contributed by atoms with Gasteiger partial charge >= 0.3 is 0 Å². The molecule has 2 aliphatic carbocycles. The molecule has 6 heteroatoms. The third-order valence-electron chi connectivity index (χ3n) is 7.66. The Hall–Kier alpha value is -1.92. The summed E-state index contributed by atoms with van der Waals surface area (Å²) in [6, 6.07) is 10.6. The molecule has 0 unspecified atom stereocenters. The number of nitrogens with one attached hydrogen (secondary N) is 1. The minimum Gasteiger partial charge on any atom is -0.376 e. The van der Waals surface area contributed by atoms with Gasteiger partial charge in [-0.3, -0.25) is 9.59 Å². The average molecular weight is 427 g/mol. The summed E-state index contributed by atoms with van der Waals surface area (Å²) in [4.78, 5) is 27.3. The molecule has 2 aliphatic heterocycles. The molecule has 6 nitrogen and oxygen atoms in total.